The van der Waals surface area contributed by atoms with Crippen LogP contribution in [-0.2, 0) is 0 Å². The second kappa shape index (κ2) is 3.58. The molecule has 0 bridgehead atoms. The fourth-order valence-electron chi connectivity index (χ4n) is 3.01. The Balaban J connectivity index is 1.93. The van der Waals surface area contributed by atoms with Gasteiger partial charge >= 0.3 is 0 Å². The molecule has 3 atom stereocenters. The normalized spacial score (nSPS) is 40.2. The van der Waals surface area contributed by atoms with Crippen LogP contribution in [0.1, 0.15) is 20.3 Å². The van der Waals surface area contributed by atoms with Gasteiger partial charge in [-0.05, 0) is 37.8 Å². The van der Waals surface area contributed by atoms with Crippen LogP contribution in [-0.4, -0.2) is 37.6 Å². The summed E-state index contributed by atoms with van der Waals surface area (Å²) < 4.78 is 0. The number of rotatable bonds is 2. The zero-order valence-corrected chi connectivity index (χ0v) is 9.09. The minimum absolute atomic E-state index is 0.801. The van der Waals surface area contributed by atoms with Crippen molar-refractivity contribution >= 4 is 0 Å². The molecule has 0 aromatic carbocycles. The van der Waals surface area contributed by atoms with Crippen LogP contribution in [0.5, 0.6) is 0 Å². The van der Waals surface area contributed by atoms with Crippen LogP contribution in [0.4, 0.5) is 0 Å². The Bertz CT molecular complexity index is 179. The van der Waals surface area contributed by atoms with E-state index in [4.69, 9.17) is 0 Å². The van der Waals surface area contributed by atoms with Crippen LogP contribution in [0.3, 0.4) is 0 Å². The summed E-state index contributed by atoms with van der Waals surface area (Å²) in [7, 11) is 2.25. The summed E-state index contributed by atoms with van der Waals surface area (Å²) in [6.07, 6.45) is 1.36. The van der Waals surface area contributed by atoms with Crippen LogP contribution in [0.2, 0.25) is 0 Å². The van der Waals surface area contributed by atoms with Crippen LogP contribution in [0.15, 0.2) is 0 Å². The van der Waals surface area contributed by atoms with Gasteiger partial charge in [-0.25, -0.2) is 0 Å². The molecule has 2 saturated heterocycles. The molecule has 2 aliphatic heterocycles. The van der Waals surface area contributed by atoms with Crippen molar-refractivity contribution in [3.8, 4) is 0 Å². The van der Waals surface area contributed by atoms with E-state index in [1.807, 2.05) is 0 Å². The molecule has 2 aliphatic rings. The maximum absolute atomic E-state index is 3.68. The van der Waals surface area contributed by atoms with Crippen LogP contribution < -0.4 is 5.32 Å². The molecule has 0 spiro atoms. The SMILES string of the molecule is CC(C)C[C@@H]1NC[C@H]2CN(C)C[C@H]21. The van der Waals surface area contributed by atoms with Gasteiger partial charge in [0.05, 0.1) is 0 Å². The summed E-state index contributed by atoms with van der Waals surface area (Å²) in [5, 5.41) is 3.68. The van der Waals surface area contributed by atoms with Gasteiger partial charge in [0.25, 0.3) is 0 Å². The molecule has 1 N–H and O–H groups in total. The summed E-state index contributed by atoms with van der Waals surface area (Å²) in [4.78, 5) is 2.49. The average molecular weight is 182 g/mol. The fourth-order valence-corrected chi connectivity index (χ4v) is 3.01. The lowest BCUT2D eigenvalue weighted by Gasteiger charge is -2.20. The molecule has 2 heterocycles. The number of nitrogens with one attached hydrogen (secondary N) is 1. The van der Waals surface area contributed by atoms with Crippen molar-refractivity contribution in [2.75, 3.05) is 26.7 Å². The van der Waals surface area contributed by atoms with E-state index in [0.717, 1.165) is 23.8 Å². The highest BCUT2D eigenvalue weighted by Crippen LogP contribution is 2.32. The molecule has 0 amide bonds. The molecule has 0 aromatic heterocycles. The van der Waals surface area contributed by atoms with Gasteiger partial charge in [0, 0.05) is 19.1 Å². The molecule has 2 fully saturated rings. The van der Waals surface area contributed by atoms with Gasteiger partial charge < -0.3 is 10.2 Å². The highest BCUT2D eigenvalue weighted by Gasteiger charge is 2.40. The molecule has 2 rings (SSSR count). The van der Waals surface area contributed by atoms with Crippen molar-refractivity contribution in [2.45, 2.75) is 26.3 Å². The summed E-state index contributed by atoms with van der Waals surface area (Å²) in [5.41, 5.74) is 0. The Kier molecular flexibility index (Phi) is 2.61. The number of fused-ring (bicyclic) bond motifs is 1. The fraction of sp³-hybridized carbons (Fsp3) is 1.00. The first-order chi connectivity index (χ1) is 6.16. The van der Waals surface area contributed by atoms with E-state index >= 15 is 0 Å². The molecule has 13 heavy (non-hydrogen) atoms. The van der Waals surface area contributed by atoms with Gasteiger partial charge in [-0.2, -0.15) is 0 Å². The van der Waals surface area contributed by atoms with Gasteiger partial charge in [0.1, 0.15) is 0 Å². The second-order valence-electron chi connectivity index (χ2n) is 5.29. The Hall–Kier alpha value is -0.0800. The Morgan fingerprint density at radius 1 is 1.38 bits per heavy atom. The van der Waals surface area contributed by atoms with E-state index in [1.54, 1.807) is 0 Å². The molecule has 76 valence electrons. The van der Waals surface area contributed by atoms with E-state index in [2.05, 4.69) is 31.1 Å². The zero-order chi connectivity index (χ0) is 9.42. The number of likely N-dealkylation sites (tertiary alicyclic amines) is 1. The number of hydrogen-bond donors (Lipinski definition) is 1. The predicted octanol–water partition coefficient (Wildman–Crippen LogP) is 1.18. The topological polar surface area (TPSA) is 15.3 Å². The first kappa shape index (κ1) is 9.47. The van der Waals surface area contributed by atoms with Crippen LogP contribution >= 0.6 is 0 Å². The first-order valence-corrected chi connectivity index (χ1v) is 5.58. The zero-order valence-electron chi connectivity index (χ0n) is 9.09. The monoisotopic (exact) mass is 182 g/mol. The van der Waals surface area contributed by atoms with Crippen molar-refractivity contribution in [3.63, 3.8) is 0 Å². The molecular weight excluding hydrogens is 160 g/mol. The minimum atomic E-state index is 0.801. The second-order valence-corrected chi connectivity index (χ2v) is 5.29. The van der Waals surface area contributed by atoms with Crippen LogP contribution in [0.25, 0.3) is 0 Å². The summed E-state index contributed by atoms with van der Waals surface area (Å²) in [6, 6.07) is 0.801. The lowest BCUT2D eigenvalue weighted by molar-refractivity contribution is 0.331. The van der Waals surface area contributed by atoms with Gasteiger partial charge in [-0.1, -0.05) is 13.8 Å². The Labute approximate surface area is 81.7 Å². The van der Waals surface area contributed by atoms with Crippen molar-refractivity contribution in [3.05, 3.63) is 0 Å². The minimum Gasteiger partial charge on any atom is -0.313 e. The van der Waals surface area contributed by atoms with Gasteiger partial charge in [0.15, 0.2) is 0 Å². The van der Waals surface area contributed by atoms with Crippen LogP contribution in [0, 0.1) is 17.8 Å². The number of hydrogen-bond acceptors (Lipinski definition) is 2. The van der Waals surface area contributed by atoms with E-state index in [1.165, 1.54) is 26.1 Å². The highest BCUT2D eigenvalue weighted by atomic mass is 15.2. The third-order valence-corrected chi connectivity index (χ3v) is 3.56. The summed E-state index contributed by atoms with van der Waals surface area (Å²) in [5.74, 6) is 2.71. The Morgan fingerprint density at radius 2 is 2.15 bits per heavy atom. The predicted molar refractivity (Wildman–Crippen MR) is 55.7 cm³/mol. The molecule has 0 aliphatic carbocycles. The lowest BCUT2D eigenvalue weighted by Crippen LogP contribution is -2.32. The smallest absolute Gasteiger partial charge is 0.0114 e. The molecule has 0 radical (unpaired) electrons. The molecular formula is C11H22N2. The molecule has 2 heteroatoms. The first-order valence-electron chi connectivity index (χ1n) is 5.58. The average Bonchev–Trinajstić information content (AvgIpc) is 2.51. The lowest BCUT2D eigenvalue weighted by atomic mass is 9.89. The number of nitrogens with zero attached hydrogens (tertiary/aromatic N) is 1. The molecule has 2 nitrogen and oxygen atoms in total. The molecule has 0 unspecified atom stereocenters. The van der Waals surface area contributed by atoms with Gasteiger partial charge in [-0.3, -0.25) is 0 Å². The third kappa shape index (κ3) is 1.89. The molecule has 0 saturated carbocycles. The van der Waals surface area contributed by atoms with Crippen molar-refractivity contribution < 1.29 is 0 Å². The van der Waals surface area contributed by atoms with Gasteiger partial charge in [0.2, 0.25) is 0 Å². The van der Waals surface area contributed by atoms with E-state index in [9.17, 15) is 0 Å². The van der Waals surface area contributed by atoms with E-state index < -0.39 is 0 Å². The van der Waals surface area contributed by atoms with E-state index in [0.29, 0.717) is 0 Å². The van der Waals surface area contributed by atoms with E-state index in [-0.39, 0.29) is 0 Å². The molecule has 0 aromatic rings. The van der Waals surface area contributed by atoms with Crippen molar-refractivity contribution in [2.24, 2.45) is 17.8 Å². The third-order valence-electron chi connectivity index (χ3n) is 3.56. The standard InChI is InChI=1S/C11H22N2/c1-8(2)4-11-10-7-13(3)6-9(10)5-12-11/h8-12H,4-7H2,1-3H3/t9-,10+,11-/m0/s1. The maximum atomic E-state index is 3.68. The Morgan fingerprint density at radius 3 is 2.85 bits per heavy atom. The summed E-state index contributed by atoms with van der Waals surface area (Å²) in [6.45, 7) is 8.54. The van der Waals surface area contributed by atoms with Crippen molar-refractivity contribution in [1.82, 2.24) is 10.2 Å². The highest BCUT2D eigenvalue weighted by molar-refractivity contribution is 4.97. The largest absolute Gasteiger partial charge is 0.313 e. The van der Waals surface area contributed by atoms with Gasteiger partial charge in [-0.15, -0.1) is 0 Å². The van der Waals surface area contributed by atoms with Crippen molar-refractivity contribution in [1.29, 1.82) is 0 Å². The maximum Gasteiger partial charge on any atom is 0.0114 e. The summed E-state index contributed by atoms with van der Waals surface area (Å²) >= 11 is 0. The quantitative estimate of drug-likeness (QED) is 0.690.